The van der Waals surface area contributed by atoms with Gasteiger partial charge in [-0.15, -0.1) is 11.6 Å². The van der Waals surface area contributed by atoms with Crippen molar-refractivity contribution >= 4 is 23.4 Å². The maximum Gasteiger partial charge on any atom is 0.0949 e. The number of hydrogen-bond donors (Lipinski definition) is 0. The molecule has 0 aliphatic rings. The van der Waals surface area contributed by atoms with Crippen LogP contribution in [-0.4, -0.2) is 21.1 Å². The number of aryl methyl sites for hydroxylation is 1. The summed E-state index contributed by atoms with van der Waals surface area (Å²) in [6.45, 7) is 3.24. The van der Waals surface area contributed by atoms with Crippen molar-refractivity contribution in [3.8, 4) is 0 Å². The molecule has 1 aromatic rings. The average molecular weight is 219 g/mol. The summed E-state index contributed by atoms with van der Waals surface area (Å²) in [5.41, 5.74) is 0.963. The van der Waals surface area contributed by atoms with E-state index in [-0.39, 0.29) is 0 Å². The summed E-state index contributed by atoms with van der Waals surface area (Å²) in [5, 5.41) is 0. The Morgan fingerprint density at radius 1 is 1.62 bits per heavy atom. The Morgan fingerprint density at radius 2 is 2.46 bits per heavy atom. The molecule has 2 nitrogen and oxygen atoms in total. The number of aromatic nitrogens is 2. The van der Waals surface area contributed by atoms with Gasteiger partial charge in [-0.25, -0.2) is 4.98 Å². The van der Waals surface area contributed by atoms with E-state index >= 15 is 0 Å². The van der Waals surface area contributed by atoms with Crippen molar-refractivity contribution in [2.45, 2.75) is 25.8 Å². The van der Waals surface area contributed by atoms with Crippen LogP contribution in [0.4, 0.5) is 0 Å². The quantitative estimate of drug-likeness (QED) is 0.540. The van der Waals surface area contributed by atoms with Crippen LogP contribution in [0.5, 0.6) is 0 Å². The molecular formula is C9H15ClN2S. The zero-order valence-electron chi connectivity index (χ0n) is 7.87. The fourth-order valence-electron chi connectivity index (χ4n) is 1.09. The number of thioether (sulfide) groups is 1. The van der Waals surface area contributed by atoms with Gasteiger partial charge in [0, 0.05) is 12.7 Å². The summed E-state index contributed by atoms with van der Waals surface area (Å²) in [7, 11) is 0. The Bertz CT molecular complexity index is 237. The lowest BCUT2D eigenvalue weighted by molar-refractivity contribution is 0.683. The van der Waals surface area contributed by atoms with Crippen LogP contribution in [0.3, 0.4) is 0 Å². The van der Waals surface area contributed by atoms with Crippen LogP contribution in [0.25, 0.3) is 0 Å². The molecule has 74 valence electrons. The molecule has 0 N–H and O–H groups in total. The summed E-state index contributed by atoms with van der Waals surface area (Å²) in [5.74, 6) is 2.94. The first-order valence-electron chi connectivity index (χ1n) is 4.51. The van der Waals surface area contributed by atoms with Gasteiger partial charge in [0.1, 0.15) is 0 Å². The first-order valence-corrected chi connectivity index (χ1v) is 6.20. The summed E-state index contributed by atoms with van der Waals surface area (Å²) in [4.78, 5) is 4.16. The van der Waals surface area contributed by atoms with Gasteiger partial charge < -0.3 is 4.57 Å². The molecule has 13 heavy (non-hydrogen) atoms. The number of rotatable bonds is 6. The maximum atomic E-state index is 5.64. The van der Waals surface area contributed by atoms with Crippen molar-refractivity contribution in [1.29, 1.82) is 0 Å². The SMILES string of the molecule is CCSCCCn1cnc(CCl)c1. The highest BCUT2D eigenvalue weighted by Gasteiger charge is 1.96. The molecule has 0 unspecified atom stereocenters. The second kappa shape index (κ2) is 6.33. The molecule has 0 atom stereocenters. The van der Waals surface area contributed by atoms with Crippen LogP contribution in [0, 0.1) is 0 Å². The number of imidazole rings is 1. The number of hydrogen-bond acceptors (Lipinski definition) is 2. The van der Waals surface area contributed by atoms with Gasteiger partial charge in [-0.1, -0.05) is 6.92 Å². The molecule has 1 aromatic heterocycles. The fraction of sp³-hybridized carbons (Fsp3) is 0.667. The molecule has 4 heteroatoms. The monoisotopic (exact) mass is 218 g/mol. The molecule has 0 radical (unpaired) electrons. The first-order chi connectivity index (χ1) is 6.36. The van der Waals surface area contributed by atoms with Crippen molar-refractivity contribution in [2.24, 2.45) is 0 Å². The molecule has 0 saturated carbocycles. The lowest BCUT2D eigenvalue weighted by Crippen LogP contribution is -1.95. The third-order valence-corrected chi connectivity index (χ3v) is 2.99. The second-order valence-corrected chi connectivity index (χ2v) is 4.45. The third kappa shape index (κ3) is 4.05. The van der Waals surface area contributed by atoms with E-state index < -0.39 is 0 Å². The van der Waals surface area contributed by atoms with E-state index in [0.29, 0.717) is 5.88 Å². The summed E-state index contributed by atoms with van der Waals surface area (Å²) in [6.07, 6.45) is 5.08. The highest BCUT2D eigenvalue weighted by molar-refractivity contribution is 7.99. The standard InChI is InChI=1S/C9H15ClN2S/c1-2-13-5-3-4-12-7-9(6-10)11-8-12/h7-8H,2-6H2,1H3. The Morgan fingerprint density at radius 3 is 3.08 bits per heavy atom. The average Bonchev–Trinajstić information content (AvgIpc) is 2.60. The summed E-state index contributed by atoms with van der Waals surface area (Å²) >= 11 is 7.62. The van der Waals surface area contributed by atoms with Gasteiger partial charge in [-0.2, -0.15) is 11.8 Å². The highest BCUT2D eigenvalue weighted by atomic mass is 35.5. The summed E-state index contributed by atoms with van der Waals surface area (Å²) < 4.78 is 2.11. The van der Waals surface area contributed by atoms with Crippen LogP contribution < -0.4 is 0 Å². The Hall–Kier alpha value is -0.150. The van der Waals surface area contributed by atoms with Gasteiger partial charge in [0.15, 0.2) is 0 Å². The normalized spacial score (nSPS) is 10.6. The van der Waals surface area contributed by atoms with E-state index in [1.54, 1.807) is 0 Å². The number of alkyl halides is 1. The van der Waals surface area contributed by atoms with E-state index in [4.69, 9.17) is 11.6 Å². The van der Waals surface area contributed by atoms with Gasteiger partial charge in [-0.3, -0.25) is 0 Å². The van der Waals surface area contributed by atoms with E-state index in [1.807, 2.05) is 24.3 Å². The largest absolute Gasteiger partial charge is 0.337 e. The predicted octanol–water partition coefficient (Wildman–Crippen LogP) is 2.77. The zero-order valence-corrected chi connectivity index (χ0v) is 9.44. The van der Waals surface area contributed by atoms with Crippen molar-refractivity contribution in [3.05, 3.63) is 18.2 Å². The van der Waals surface area contributed by atoms with E-state index in [0.717, 1.165) is 12.2 Å². The predicted molar refractivity (Wildman–Crippen MR) is 59.4 cm³/mol. The van der Waals surface area contributed by atoms with Gasteiger partial charge in [0.05, 0.1) is 17.9 Å². The minimum atomic E-state index is 0.511. The van der Waals surface area contributed by atoms with Crippen molar-refractivity contribution in [3.63, 3.8) is 0 Å². The smallest absolute Gasteiger partial charge is 0.0949 e. The third-order valence-electron chi connectivity index (χ3n) is 1.73. The molecule has 0 amide bonds. The van der Waals surface area contributed by atoms with Gasteiger partial charge >= 0.3 is 0 Å². The highest BCUT2D eigenvalue weighted by Crippen LogP contribution is 2.04. The molecule has 0 aliphatic heterocycles. The molecular weight excluding hydrogens is 204 g/mol. The second-order valence-electron chi connectivity index (χ2n) is 2.79. The van der Waals surface area contributed by atoms with Crippen molar-refractivity contribution in [2.75, 3.05) is 11.5 Å². The number of nitrogens with zero attached hydrogens (tertiary/aromatic N) is 2. The molecule has 0 aliphatic carbocycles. The van der Waals surface area contributed by atoms with Crippen molar-refractivity contribution < 1.29 is 0 Å². The molecule has 1 rings (SSSR count). The summed E-state index contributed by atoms with van der Waals surface area (Å²) in [6, 6.07) is 0. The van der Waals surface area contributed by atoms with E-state index in [2.05, 4.69) is 16.5 Å². The maximum absolute atomic E-state index is 5.64. The van der Waals surface area contributed by atoms with E-state index in [9.17, 15) is 0 Å². The Labute approximate surface area is 88.7 Å². The molecule has 1 heterocycles. The van der Waals surface area contributed by atoms with Crippen LogP contribution >= 0.6 is 23.4 Å². The zero-order chi connectivity index (χ0) is 9.52. The van der Waals surface area contributed by atoms with Crippen LogP contribution in [0.15, 0.2) is 12.5 Å². The lowest BCUT2D eigenvalue weighted by Gasteiger charge is -2.00. The van der Waals surface area contributed by atoms with Crippen LogP contribution in [0.2, 0.25) is 0 Å². The van der Waals surface area contributed by atoms with Gasteiger partial charge in [-0.05, 0) is 17.9 Å². The minimum Gasteiger partial charge on any atom is -0.337 e. The van der Waals surface area contributed by atoms with E-state index in [1.165, 1.54) is 17.9 Å². The molecule has 0 aromatic carbocycles. The Kier molecular flexibility index (Phi) is 5.32. The molecule has 0 saturated heterocycles. The lowest BCUT2D eigenvalue weighted by atomic mass is 10.5. The topological polar surface area (TPSA) is 17.8 Å². The van der Waals surface area contributed by atoms with Crippen LogP contribution in [-0.2, 0) is 12.4 Å². The molecule has 0 bridgehead atoms. The Balaban J connectivity index is 2.20. The van der Waals surface area contributed by atoms with Gasteiger partial charge in [0.25, 0.3) is 0 Å². The fourth-order valence-corrected chi connectivity index (χ4v) is 1.85. The van der Waals surface area contributed by atoms with Gasteiger partial charge in [0.2, 0.25) is 0 Å². The van der Waals surface area contributed by atoms with Crippen LogP contribution in [0.1, 0.15) is 19.0 Å². The molecule has 0 spiro atoms. The minimum absolute atomic E-state index is 0.511. The number of halogens is 1. The van der Waals surface area contributed by atoms with Crippen molar-refractivity contribution in [1.82, 2.24) is 9.55 Å². The molecule has 0 fully saturated rings. The first kappa shape index (κ1) is 10.9.